The molecular weight excluding hydrogens is 270 g/mol. The summed E-state index contributed by atoms with van der Waals surface area (Å²) >= 11 is 0. The molecule has 0 saturated heterocycles. The second kappa shape index (κ2) is 5.33. The van der Waals surface area contributed by atoms with Crippen molar-refractivity contribution in [1.29, 1.82) is 0 Å². The zero-order valence-electron chi connectivity index (χ0n) is 12.7. The summed E-state index contributed by atoms with van der Waals surface area (Å²) in [5, 5.41) is 7.52. The fourth-order valence-corrected chi connectivity index (χ4v) is 2.68. The number of anilines is 1. The van der Waals surface area contributed by atoms with Crippen molar-refractivity contribution in [3.05, 3.63) is 17.0 Å². The smallest absolute Gasteiger partial charge is 0.222 e. The Morgan fingerprint density at radius 2 is 2.14 bits per heavy atom. The predicted octanol–water partition coefficient (Wildman–Crippen LogP) is 1.31. The second-order valence-electron chi connectivity index (χ2n) is 4.97. The average Bonchev–Trinajstić information content (AvgIpc) is 2.79. The van der Waals surface area contributed by atoms with E-state index < -0.39 is 0 Å². The summed E-state index contributed by atoms with van der Waals surface area (Å²) < 4.78 is 12.6. The molecule has 7 nitrogen and oxygen atoms in total. The third-order valence-corrected chi connectivity index (χ3v) is 3.65. The Morgan fingerprint density at radius 1 is 1.33 bits per heavy atom. The first-order chi connectivity index (χ1) is 10.2. The van der Waals surface area contributed by atoms with Crippen LogP contribution in [0.15, 0.2) is 0 Å². The zero-order valence-corrected chi connectivity index (χ0v) is 12.7. The third kappa shape index (κ3) is 2.23. The number of aryl methyl sites for hydroxylation is 2. The fourth-order valence-electron chi connectivity index (χ4n) is 2.68. The van der Waals surface area contributed by atoms with E-state index in [4.69, 9.17) is 14.5 Å². The summed E-state index contributed by atoms with van der Waals surface area (Å²) in [7, 11) is 5.33. The molecule has 0 aliphatic carbocycles. The van der Waals surface area contributed by atoms with Crippen LogP contribution in [0.3, 0.4) is 0 Å². The van der Waals surface area contributed by atoms with Gasteiger partial charge in [0.05, 0.1) is 31.7 Å². The van der Waals surface area contributed by atoms with Crippen LogP contribution in [0.25, 0.3) is 11.4 Å². The van der Waals surface area contributed by atoms with Gasteiger partial charge in [0.25, 0.3) is 0 Å². The van der Waals surface area contributed by atoms with E-state index in [0.717, 1.165) is 34.8 Å². The summed E-state index contributed by atoms with van der Waals surface area (Å²) in [6.07, 6.45) is 0.793. The van der Waals surface area contributed by atoms with Crippen LogP contribution in [0.1, 0.15) is 17.0 Å². The number of fused-ring (bicyclic) bond motifs is 1. The van der Waals surface area contributed by atoms with Crippen molar-refractivity contribution in [3.8, 4) is 17.3 Å². The summed E-state index contributed by atoms with van der Waals surface area (Å²) in [6, 6.07) is 0. The minimum atomic E-state index is 0.551. The fraction of sp³-hybridized carbons (Fsp3) is 0.500. The van der Waals surface area contributed by atoms with Crippen LogP contribution in [-0.2, 0) is 24.8 Å². The molecular formula is C14H19N5O2. The topological polar surface area (TPSA) is 74.1 Å². The summed E-state index contributed by atoms with van der Waals surface area (Å²) in [6.45, 7) is 3.17. The number of ether oxygens (including phenoxy) is 2. The molecule has 1 N–H and O–H groups in total. The summed E-state index contributed by atoms with van der Waals surface area (Å²) in [4.78, 5) is 9.33. The molecule has 0 fully saturated rings. The maximum absolute atomic E-state index is 5.50. The van der Waals surface area contributed by atoms with E-state index in [9.17, 15) is 0 Å². The lowest BCUT2D eigenvalue weighted by molar-refractivity contribution is 0.109. The van der Waals surface area contributed by atoms with Gasteiger partial charge in [-0.25, -0.2) is 14.6 Å². The van der Waals surface area contributed by atoms with Crippen LogP contribution < -0.4 is 10.1 Å². The normalized spacial score (nSPS) is 13.9. The highest BCUT2D eigenvalue weighted by Gasteiger charge is 2.23. The van der Waals surface area contributed by atoms with Gasteiger partial charge in [0.2, 0.25) is 5.88 Å². The van der Waals surface area contributed by atoms with Gasteiger partial charge in [0.15, 0.2) is 5.82 Å². The molecule has 0 radical (unpaired) electrons. The molecule has 0 bridgehead atoms. The molecule has 0 aromatic carbocycles. The van der Waals surface area contributed by atoms with Crippen molar-refractivity contribution in [2.75, 3.05) is 26.1 Å². The molecule has 1 aliphatic heterocycles. The van der Waals surface area contributed by atoms with Crippen molar-refractivity contribution < 1.29 is 9.47 Å². The van der Waals surface area contributed by atoms with Crippen molar-refractivity contribution in [2.45, 2.75) is 20.0 Å². The lowest BCUT2D eigenvalue weighted by Crippen LogP contribution is -2.16. The largest absolute Gasteiger partial charge is 0.481 e. The van der Waals surface area contributed by atoms with Crippen molar-refractivity contribution in [2.24, 2.45) is 7.05 Å². The number of aromatic nitrogens is 4. The minimum absolute atomic E-state index is 0.551. The van der Waals surface area contributed by atoms with E-state index in [1.54, 1.807) is 11.8 Å². The van der Waals surface area contributed by atoms with Gasteiger partial charge in [-0.15, -0.1) is 0 Å². The Bertz CT molecular complexity index is 663. The Hall–Kier alpha value is -2.15. The molecule has 0 spiro atoms. The Balaban J connectivity index is 2.19. The molecule has 3 rings (SSSR count). The van der Waals surface area contributed by atoms with Crippen LogP contribution in [-0.4, -0.2) is 40.5 Å². The molecule has 0 saturated carbocycles. The third-order valence-electron chi connectivity index (χ3n) is 3.65. The first-order valence-corrected chi connectivity index (χ1v) is 6.89. The molecule has 1 aliphatic rings. The summed E-state index contributed by atoms with van der Waals surface area (Å²) in [5.41, 5.74) is 3.75. The minimum Gasteiger partial charge on any atom is -0.481 e. The SMILES string of the molecule is CNc1nc(-c2c(C)nn(C)c2OC)nc2c1COCC2. The van der Waals surface area contributed by atoms with E-state index in [0.29, 0.717) is 24.9 Å². The molecule has 112 valence electrons. The van der Waals surface area contributed by atoms with Crippen molar-refractivity contribution in [3.63, 3.8) is 0 Å². The Kier molecular flexibility index (Phi) is 3.50. The van der Waals surface area contributed by atoms with Gasteiger partial charge in [-0.2, -0.15) is 5.10 Å². The van der Waals surface area contributed by atoms with E-state index in [1.807, 2.05) is 21.0 Å². The number of hydrogen-bond acceptors (Lipinski definition) is 6. The highest BCUT2D eigenvalue weighted by atomic mass is 16.5. The molecule has 0 unspecified atom stereocenters. The van der Waals surface area contributed by atoms with E-state index in [1.165, 1.54) is 0 Å². The van der Waals surface area contributed by atoms with Gasteiger partial charge < -0.3 is 14.8 Å². The molecule has 0 atom stereocenters. The monoisotopic (exact) mass is 289 g/mol. The second-order valence-corrected chi connectivity index (χ2v) is 4.97. The van der Waals surface area contributed by atoms with Gasteiger partial charge in [-0.05, 0) is 6.92 Å². The van der Waals surface area contributed by atoms with Gasteiger partial charge in [0.1, 0.15) is 11.4 Å². The van der Waals surface area contributed by atoms with Gasteiger partial charge in [0, 0.05) is 26.1 Å². The molecule has 2 aromatic heterocycles. The highest BCUT2D eigenvalue weighted by Crippen LogP contribution is 2.33. The number of hydrogen-bond donors (Lipinski definition) is 1. The van der Waals surface area contributed by atoms with Crippen molar-refractivity contribution in [1.82, 2.24) is 19.7 Å². The number of nitrogens with one attached hydrogen (secondary N) is 1. The number of nitrogens with zero attached hydrogens (tertiary/aromatic N) is 4. The number of methoxy groups -OCH3 is 1. The maximum Gasteiger partial charge on any atom is 0.222 e. The standard InChI is InChI=1S/C14H19N5O2/c1-8-11(14(20-4)19(3)18-8)13-16-10-5-6-21-7-9(10)12(15-2)17-13/h5-7H2,1-4H3,(H,15,16,17). The Morgan fingerprint density at radius 3 is 2.86 bits per heavy atom. The first-order valence-electron chi connectivity index (χ1n) is 6.89. The van der Waals surface area contributed by atoms with E-state index in [2.05, 4.69) is 15.4 Å². The molecule has 3 heterocycles. The van der Waals surface area contributed by atoms with Crippen LogP contribution in [0.4, 0.5) is 5.82 Å². The molecule has 21 heavy (non-hydrogen) atoms. The predicted molar refractivity (Wildman–Crippen MR) is 78.4 cm³/mol. The van der Waals surface area contributed by atoms with Crippen molar-refractivity contribution >= 4 is 5.82 Å². The van der Waals surface area contributed by atoms with Crippen LogP contribution in [0.5, 0.6) is 5.88 Å². The van der Waals surface area contributed by atoms with Crippen LogP contribution >= 0.6 is 0 Å². The van der Waals surface area contributed by atoms with Gasteiger partial charge in [-0.1, -0.05) is 0 Å². The van der Waals surface area contributed by atoms with Crippen LogP contribution in [0, 0.1) is 6.92 Å². The van der Waals surface area contributed by atoms with E-state index >= 15 is 0 Å². The van der Waals surface area contributed by atoms with Crippen LogP contribution in [0.2, 0.25) is 0 Å². The lowest BCUT2D eigenvalue weighted by atomic mass is 10.1. The van der Waals surface area contributed by atoms with Gasteiger partial charge in [-0.3, -0.25) is 0 Å². The summed E-state index contributed by atoms with van der Waals surface area (Å²) in [5.74, 6) is 2.11. The van der Waals surface area contributed by atoms with E-state index in [-0.39, 0.29) is 0 Å². The zero-order chi connectivity index (χ0) is 15.0. The highest BCUT2D eigenvalue weighted by molar-refractivity contribution is 5.67. The average molecular weight is 289 g/mol. The van der Waals surface area contributed by atoms with Gasteiger partial charge >= 0.3 is 0 Å². The quantitative estimate of drug-likeness (QED) is 0.918. The molecule has 0 amide bonds. The molecule has 7 heteroatoms. The molecule has 2 aromatic rings. The number of rotatable bonds is 3. The Labute approximate surface area is 123 Å². The lowest BCUT2D eigenvalue weighted by Gasteiger charge is -2.19. The first kappa shape index (κ1) is 13.8. The maximum atomic E-state index is 5.50.